The quantitative estimate of drug-likeness (QED) is 0.395. The zero-order valence-corrected chi connectivity index (χ0v) is 20.2. The van der Waals surface area contributed by atoms with Crippen molar-refractivity contribution in [1.29, 1.82) is 0 Å². The molecule has 2 amide bonds. The summed E-state index contributed by atoms with van der Waals surface area (Å²) in [4.78, 5) is 29.5. The van der Waals surface area contributed by atoms with E-state index in [0.717, 1.165) is 48.0 Å². The van der Waals surface area contributed by atoms with Crippen molar-refractivity contribution < 1.29 is 9.59 Å². The highest BCUT2D eigenvalue weighted by atomic mass is 16.2. The van der Waals surface area contributed by atoms with Gasteiger partial charge in [0.2, 0.25) is 11.8 Å². The first-order chi connectivity index (χ1) is 17.0. The largest absolute Gasteiger partial charge is 0.368 e. The number of fused-ring (bicyclic) bond motifs is 5. The molecule has 35 heavy (non-hydrogen) atoms. The number of nitrogens with one attached hydrogen (secondary N) is 1. The van der Waals surface area contributed by atoms with Gasteiger partial charge in [-0.05, 0) is 52.9 Å². The van der Waals surface area contributed by atoms with Crippen LogP contribution in [0, 0.1) is 0 Å². The van der Waals surface area contributed by atoms with Gasteiger partial charge in [-0.15, -0.1) is 0 Å². The van der Waals surface area contributed by atoms with Gasteiger partial charge in [-0.25, -0.2) is 0 Å². The number of carbonyl (C=O) groups is 2. The molecule has 0 bridgehead atoms. The van der Waals surface area contributed by atoms with Crippen molar-refractivity contribution in [3.05, 3.63) is 66.7 Å². The van der Waals surface area contributed by atoms with E-state index in [1.807, 2.05) is 24.3 Å². The fourth-order valence-corrected chi connectivity index (χ4v) is 5.27. The van der Waals surface area contributed by atoms with E-state index in [1.165, 1.54) is 16.2 Å². The Bertz CT molecular complexity index is 1390. The van der Waals surface area contributed by atoms with Crippen LogP contribution in [0.2, 0.25) is 0 Å². The van der Waals surface area contributed by atoms with E-state index in [-0.39, 0.29) is 17.9 Å². The second kappa shape index (κ2) is 10.0. The Hall–Kier alpha value is -3.48. The summed E-state index contributed by atoms with van der Waals surface area (Å²) in [5.41, 5.74) is 6.53. The Morgan fingerprint density at radius 3 is 2.26 bits per heavy atom. The van der Waals surface area contributed by atoms with Crippen LogP contribution in [0.4, 0.5) is 5.69 Å². The number of nitrogens with two attached hydrogens (primary N) is 1. The molecule has 1 aliphatic rings. The second-order valence-corrected chi connectivity index (χ2v) is 9.55. The molecule has 3 N–H and O–H groups in total. The predicted molar refractivity (Wildman–Crippen MR) is 143 cm³/mol. The average Bonchev–Trinajstić information content (AvgIpc) is 2.87. The van der Waals surface area contributed by atoms with Crippen LogP contribution in [0.5, 0.6) is 0 Å². The lowest BCUT2D eigenvalue weighted by molar-refractivity contribution is -0.124. The topological polar surface area (TPSA) is 78.7 Å². The van der Waals surface area contributed by atoms with E-state index in [1.54, 1.807) is 0 Å². The van der Waals surface area contributed by atoms with E-state index < -0.39 is 0 Å². The molecule has 1 saturated heterocycles. The van der Waals surface area contributed by atoms with Gasteiger partial charge in [0.1, 0.15) is 0 Å². The maximum Gasteiger partial charge on any atom is 0.234 e. The third-order valence-corrected chi connectivity index (χ3v) is 7.23. The monoisotopic (exact) mass is 468 g/mol. The normalized spacial score (nSPS) is 16.0. The van der Waals surface area contributed by atoms with E-state index >= 15 is 0 Å². The zero-order valence-electron chi connectivity index (χ0n) is 20.2. The van der Waals surface area contributed by atoms with Gasteiger partial charge in [0.05, 0.1) is 6.04 Å². The summed E-state index contributed by atoms with van der Waals surface area (Å²) in [6.07, 6.45) is 1.55. The van der Waals surface area contributed by atoms with Gasteiger partial charge >= 0.3 is 0 Å². The van der Waals surface area contributed by atoms with Gasteiger partial charge < -0.3 is 16.0 Å². The Balaban J connectivity index is 1.34. The van der Waals surface area contributed by atoms with Gasteiger partial charge in [0.15, 0.2) is 0 Å². The molecule has 6 nitrogen and oxygen atoms in total. The fraction of sp³-hybridized carbons (Fsp3) is 0.310. The smallest absolute Gasteiger partial charge is 0.234 e. The molecule has 0 aromatic heterocycles. The number of nitrogens with zero attached hydrogens (tertiary/aromatic N) is 2. The van der Waals surface area contributed by atoms with Crippen molar-refractivity contribution in [3.8, 4) is 0 Å². The summed E-state index contributed by atoms with van der Waals surface area (Å²) >= 11 is 0. The van der Waals surface area contributed by atoms with Crippen molar-refractivity contribution in [2.24, 2.45) is 5.73 Å². The first-order valence-corrected chi connectivity index (χ1v) is 12.4. The Kier molecular flexibility index (Phi) is 6.66. The number of benzene rings is 4. The summed E-state index contributed by atoms with van der Waals surface area (Å²) < 4.78 is 0. The fourth-order valence-electron chi connectivity index (χ4n) is 5.27. The zero-order chi connectivity index (χ0) is 24.4. The molecular formula is C29H32N4O2. The molecule has 0 radical (unpaired) electrons. The molecule has 180 valence electrons. The molecule has 4 aromatic rings. The lowest BCUT2D eigenvalue weighted by Gasteiger charge is -2.36. The van der Waals surface area contributed by atoms with E-state index in [4.69, 9.17) is 5.73 Å². The maximum atomic E-state index is 13.0. The van der Waals surface area contributed by atoms with Gasteiger partial charge in [-0.3, -0.25) is 14.5 Å². The highest BCUT2D eigenvalue weighted by Crippen LogP contribution is 2.36. The Labute approximate surface area is 205 Å². The molecule has 6 heteroatoms. The number of rotatable bonds is 7. The third kappa shape index (κ3) is 4.85. The molecule has 1 heterocycles. The molecule has 1 atom stereocenters. The molecule has 0 aliphatic carbocycles. The Morgan fingerprint density at radius 1 is 0.857 bits per heavy atom. The van der Waals surface area contributed by atoms with Crippen LogP contribution in [0.25, 0.3) is 32.3 Å². The third-order valence-electron chi connectivity index (χ3n) is 7.23. The van der Waals surface area contributed by atoms with E-state index in [2.05, 4.69) is 64.6 Å². The summed E-state index contributed by atoms with van der Waals surface area (Å²) in [5, 5.41) is 9.94. The van der Waals surface area contributed by atoms with Gasteiger partial charge in [0, 0.05) is 43.7 Å². The number of hydrogen-bond acceptors (Lipinski definition) is 4. The van der Waals surface area contributed by atoms with Crippen LogP contribution >= 0.6 is 0 Å². The maximum absolute atomic E-state index is 13.0. The van der Waals surface area contributed by atoms with Crippen LogP contribution < -0.4 is 11.1 Å². The van der Waals surface area contributed by atoms with E-state index in [0.29, 0.717) is 19.3 Å². The predicted octanol–water partition coefficient (Wildman–Crippen LogP) is 4.36. The standard InChI is InChI=1S/C29H32N4O2/c1-32-15-17-33(18-16-32)27(29(30)35)11-6-12-28(34)31-26-19-25-21-8-3-2-7-20(21)13-14-23(25)22-9-4-5-10-24(22)26/h2-5,7-10,13-14,19,27H,6,11-12,15-18H2,1H3,(H2,30,35)(H,31,34). The van der Waals surface area contributed by atoms with Crippen molar-refractivity contribution in [2.45, 2.75) is 25.3 Å². The lowest BCUT2D eigenvalue weighted by Crippen LogP contribution is -2.53. The van der Waals surface area contributed by atoms with Crippen LogP contribution in [0.3, 0.4) is 0 Å². The van der Waals surface area contributed by atoms with Crippen LogP contribution in [-0.2, 0) is 9.59 Å². The Morgan fingerprint density at radius 2 is 1.51 bits per heavy atom. The number of amides is 2. The number of likely N-dealkylation sites (N-methyl/N-ethyl adjacent to an activating group) is 1. The SMILES string of the molecule is CN1CCN(C(CCCC(=O)Nc2cc3c4ccccc4ccc3c3ccccc23)C(N)=O)CC1. The number of piperazine rings is 1. The highest BCUT2D eigenvalue weighted by molar-refractivity contribution is 6.21. The van der Waals surface area contributed by atoms with Crippen molar-refractivity contribution >= 4 is 49.8 Å². The van der Waals surface area contributed by atoms with Crippen molar-refractivity contribution in [1.82, 2.24) is 9.80 Å². The molecule has 5 rings (SSSR count). The minimum Gasteiger partial charge on any atom is -0.368 e. The van der Waals surface area contributed by atoms with Crippen LogP contribution in [0.1, 0.15) is 19.3 Å². The van der Waals surface area contributed by atoms with Crippen molar-refractivity contribution in [2.75, 3.05) is 38.5 Å². The molecule has 1 unspecified atom stereocenters. The number of carbonyl (C=O) groups excluding carboxylic acids is 2. The molecule has 0 spiro atoms. The first kappa shape index (κ1) is 23.3. The average molecular weight is 469 g/mol. The first-order valence-electron chi connectivity index (χ1n) is 12.4. The van der Waals surface area contributed by atoms with Crippen molar-refractivity contribution in [3.63, 3.8) is 0 Å². The van der Waals surface area contributed by atoms with Gasteiger partial charge in [-0.2, -0.15) is 0 Å². The minimum atomic E-state index is -0.315. The van der Waals surface area contributed by atoms with E-state index in [9.17, 15) is 9.59 Å². The lowest BCUT2D eigenvalue weighted by atomic mass is 9.96. The van der Waals surface area contributed by atoms with Gasteiger partial charge in [-0.1, -0.05) is 60.7 Å². The second-order valence-electron chi connectivity index (χ2n) is 9.55. The van der Waals surface area contributed by atoms with Crippen LogP contribution in [0.15, 0.2) is 66.7 Å². The molecule has 0 saturated carbocycles. The summed E-state index contributed by atoms with van der Waals surface area (Å²) in [7, 11) is 2.08. The highest BCUT2D eigenvalue weighted by Gasteiger charge is 2.26. The van der Waals surface area contributed by atoms with Crippen LogP contribution in [-0.4, -0.2) is 60.9 Å². The number of primary amides is 1. The van der Waals surface area contributed by atoms with Gasteiger partial charge in [0.25, 0.3) is 0 Å². The molecule has 4 aromatic carbocycles. The molecule has 1 aliphatic heterocycles. The molecule has 1 fully saturated rings. The summed E-state index contributed by atoms with van der Waals surface area (Å²) in [5.74, 6) is -0.348. The molecular weight excluding hydrogens is 436 g/mol. The number of hydrogen-bond donors (Lipinski definition) is 2. The summed E-state index contributed by atoms with van der Waals surface area (Å²) in [6, 6.07) is 22.6. The minimum absolute atomic E-state index is 0.0451. The summed E-state index contributed by atoms with van der Waals surface area (Å²) in [6.45, 7) is 3.50. The number of anilines is 1.